The Labute approximate surface area is 123 Å². The first-order valence-electron chi connectivity index (χ1n) is 5.38. The molecule has 0 fully saturated rings. The molecule has 17 heavy (non-hydrogen) atoms. The third kappa shape index (κ3) is 5.18. The molecule has 0 unspecified atom stereocenters. The van der Waals surface area contributed by atoms with Crippen LogP contribution in [0, 0.1) is 0 Å². The van der Waals surface area contributed by atoms with Gasteiger partial charge in [0.1, 0.15) is 0 Å². The zero-order valence-corrected chi connectivity index (χ0v) is 17.5. The van der Waals surface area contributed by atoms with Crippen molar-refractivity contribution in [3.8, 4) is 11.5 Å². The number of rotatable bonds is 6. The van der Waals surface area contributed by atoms with E-state index in [-0.39, 0.29) is 0 Å². The molecule has 0 amide bonds. The van der Waals surface area contributed by atoms with Gasteiger partial charge in [0.15, 0.2) is 0 Å². The molecule has 2 rings (SSSR count). The molecule has 5 heteroatoms. The minimum absolute atomic E-state index is 0.911. The maximum absolute atomic E-state index is 5.62. The van der Waals surface area contributed by atoms with E-state index in [0.29, 0.717) is 0 Å². The summed E-state index contributed by atoms with van der Waals surface area (Å²) in [5, 5.41) is 0. The molecule has 0 N–H and O–H groups in total. The molecular formula is C12H14O3Sn2. The summed E-state index contributed by atoms with van der Waals surface area (Å²) in [6, 6.07) is 19.6. The Balaban J connectivity index is 1.61. The summed E-state index contributed by atoms with van der Waals surface area (Å²) in [5.41, 5.74) is 0. The molecule has 0 aliphatic carbocycles. The van der Waals surface area contributed by atoms with Crippen molar-refractivity contribution in [1.82, 2.24) is 0 Å². The maximum atomic E-state index is 5.62. The van der Waals surface area contributed by atoms with Crippen molar-refractivity contribution in [2.24, 2.45) is 0 Å². The van der Waals surface area contributed by atoms with Crippen LogP contribution < -0.4 is 6.15 Å². The van der Waals surface area contributed by atoms with Crippen LogP contribution in [0.1, 0.15) is 0 Å². The quantitative estimate of drug-likeness (QED) is 0.495. The second-order valence-electron chi connectivity index (χ2n) is 3.35. The van der Waals surface area contributed by atoms with Crippen LogP contribution in [0.15, 0.2) is 60.7 Å². The fourth-order valence-corrected chi connectivity index (χ4v) is 8.33. The van der Waals surface area contributed by atoms with Gasteiger partial charge in [0.25, 0.3) is 0 Å². The number of hydrogen-bond acceptors (Lipinski definition) is 3. The van der Waals surface area contributed by atoms with E-state index in [2.05, 4.69) is 0 Å². The van der Waals surface area contributed by atoms with Crippen LogP contribution >= 0.6 is 0 Å². The first kappa shape index (κ1) is 13.0. The summed E-state index contributed by atoms with van der Waals surface area (Å²) in [6.45, 7) is 0. The van der Waals surface area contributed by atoms with Gasteiger partial charge in [-0.2, -0.15) is 0 Å². The Bertz CT molecular complexity index is 381. The molecule has 2 aromatic carbocycles. The molecular weight excluding hydrogens is 430 g/mol. The van der Waals surface area contributed by atoms with Gasteiger partial charge in [-0.15, -0.1) is 0 Å². The number of para-hydroxylation sites is 2. The molecule has 0 aliphatic rings. The third-order valence-corrected chi connectivity index (χ3v) is 12.0. The topological polar surface area (TPSA) is 27.7 Å². The van der Waals surface area contributed by atoms with Gasteiger partial charge in [-0.05, 0) is 0 Å². The number of hydrogen-bond donors (Lipinski definition) is 0. The summed E-state index contributed by atoms with van der Waals surface area (Å²) < 4.78 is 16.8. The van der Waals surface area contributed by atoms with Crippen LogP contribution in [0.4, 0.5) is 0 Å². The summed E-state index contributed by atoms with van der Waals surface area (Å²) in [5.74, 6) is 1.82. The SMILES string of the molecule is c1ccc([O][SnH2][O][SnH2][O]c2ccccc2)cc1. The number of benzene rings is 2. The fourth-order valence-electron chi connectivity index (χ4n) is 1.29. The van der Waals surface area contributed by atoms with Crippen molar-refractivity contribution in [3.05, 3.63) is 60.7 Å². The predicted molar refractivity (Wildman–Crippen MR) is 72.3 cm³/mol. The summed E-state index contributed by atoms with van der Waals surface area (Å²) >= 11 is -3.10. The standard InChI is InChI=1S/2C6H6O.O.2Sn.4H/c2*7-6-4-2-1-3-5-6;;;;;;;/h2*1-5,7H;;;;;;;/q;;;2*+1;;;;/p-2. The normalized spacial score (nSPS) is 11.3. The van der Waals surface area contributed by atoms with E-state index >= 15 is 0 Å². The van der Waals surface area contributed by atoms with Crippen molar-refractivity contribution in [2.75, 3.05) is 0 Å². The van der Waals surface area contributed by atoms with E-state index in [1.165, 1.54) is 0 Å². The Hall–Kier alpha value is -0.403. The van der Waals surface area contributed by atoms with Crippen molar-refractivity contribution in [2.45, 2.75) is 0 Å². The van der Waals surface area contributed by atoms with Gasteiger partial charge >= 0.3 is 124 Å². The van der Waals surface area contributed by atoms with Gasteiger partial charge < -0.3 is 0 Å². The molecule has 2 aromatic rings. The van der Waals surface area contributed by atoms with Gasteiger partial charge in [0, 0.05) is 0 Å². The second-order valence-corrected chi connectivity index (χ2v) is 15.3. The molecule has 0 aromatic heterocycles. The van der Waals surface area contributed by atoms with Crippen molar-refractivity contribution in [1.29, 1.82) is 0 Å². The van der Waals surface area contributed by atoms with E-state index in [0.717, 1.165) is 11.5 Å². The van der Waals surface area contributed by atoms with Crippen LogP contribution in [0.25, 0.3) is 0 Å². The van der Waals surface area contributed by atoms with Gasteiger partial charge in [-0.3, -0.25) is 0 Å². The predicted octanol–water partition coefficient (Wildman–Crippen LogP) is 1.16. The molecule has 3 nitrogen and oxygen atoms in total. The van der Waals surface area contributed by atoms with Crippen molar-refractivity contribution < 1.29 is 7.56 Å². The Morgan fingerprint density at radius 2 is 1.00 bits per heavy atom. The molecule has 0 heterocycles. The Morgan fingerprint density at radius 1 is 0.588 bits per heavy atom. The molecule has 0 saturated heterocycles. The van der Waals surface area contributed by atoms with Crippen LogP contribution in [0.2, 0.25) is 0 Å². The molecule has 88 valence electrons. The molecule has 0 saturated carbocycles. The monoisotopic (exact) mass is 446 g/mol. The van der Waals surface area contributed by atoms with E-state index in [9.17, 15) is 0 Å². The third-order valence-electron chi connectivity index (χ3n) is 2.10. The Morgan fingerprint density at radius 3 is 1.41 bits per heavy atom. The van der Waals surface area contributed by atoms with E-state index in [4.69, 9.17) is 7.56 Å². The molecule has 0 aliphatic heterocycles. The van der Waals surface area contributed by atoms with E-state index in [1.807, 2.05) is 60.7 Å². The summed E-state index contributed by atoms with van der Waals surface area (Å²) in [6.07, 6.45) is 0. The Kier molecular flexibility index (Phi) is 6.01. The minimum atomic E-state index is -1.55. The van der Waals surface area contributed by atoms with Gasteiger partial charge in [0.05, 0.1) is 0 Å². The van der Waals surface area contributed by atoms with Crippen molar-refractivity contribution >= 4 is 43.9 Å². The van der Waals surface area contributed by atoms with Gasteiger partial charge in [-0.25, -0.2) is 0 Å². The zero-order chi connectivity index (χ0) is 11.8. The molecule has 0 spiro atoms. The summed E-state index contributed by atoms with van der Waals surface area (Å²) in [4.78, 5) is 0. The zero-order valence-electron chi connectivity index (χ0n) is 9.41. The van der Waals surface area contributed by atoms with Crippen LogP contribution in [0.3, 0.4) is 0 Å². The second kappa shape index (κ2) is 7.83. The average molecular weight is 444 g/mol. The summed E-state index contributed by atoms with van der Waals surface area (Å²) in [7, 11) is 0. The van der Waals surface area contributed by atoms with Crippen LogP contribution in [0.5, 0.6) is 11.5 Å². The van der Waals surface area contributed by atoms with Gasteiger partial charge in [0.2, 0.25) is 0 Å². The molecule has 0 bridgehead atoms. The van der Waals surface area contributed by atoms with Crippen molar-refractivity contribution in [3.63, 3.8) is 0 Å². The van der Waals surface area contributed by atoms with E-state index < -0.39 is 43.9 Å². The average Bonchev–Trinajstić information content (AvgIpc) is 2.41. The fraction of sp³-hybridized carbons (Fsp3) is 0. The van der Waals surface area contributed by atoms with Gasteiger partial charge in [-0.1, -0.05) is 0 Å². The molecule has 0 atom stereocenters. The van der Waals surface area contributed by atoms with Crippen LogP contribution in [-0.4, -0.2) is 43.9 Å². The first-order chi connectivity index (χ1) is 8.45. The first-order valence-corrected chi connectivity index (χ1v) is 12.0. The molecule has 0 radical (unpaired) electrons. The van der Waals surface area contributed by atoms with Crippen LogP contribution in [-0.2, 0) is 1.41 Å². The van der Waals surface area contributed by atoms with E-state index in [1.54, 1.807) is 0 Å².